The molecular formula is C16H19N3O. The first-order valence-corrected chi connectivity index (χ1v) is 7.27. The zero-order valence-electron chi connectivity index (χ0n) is 11.7. The van der Waals surface area contributed by atoms with E-state index in [0.717, 1.165) is 10.9 Å². The number of hydrogen-bond acceptors (Lipinski definition) is 4. The van der Waals surface area contributed by atoms with Crippen LogP contribution in [0.1, 0.15) is 49.4 Å². The number of hydrogen-bond donors (Lipinski definition) is 1. The molecular weight excluding hydrogens is 250 g/mol. The van der Waals surface area contributed by atoms with E-state index in [1.54, 1.807) is 13.1 Å². The summed E-state index contributed by atoms with van der Waals surface area (Å²) in [7, 11) is 0. The maximum Gasteiger partial charge on any atom is 0.223 e. The molecule has 1 aliphatic rings. The minimum Gasteiger partial charge on any atom is -0.351 e. The maximum atomic E-state index is 11.7. The number of fused-ring (bicyclic) bond motifs is 1. The third-order valence-electron chi connectivity index (χ3n) is 3.93. The maximum absolute atomic E-state index is 11.7. The topological polar surface area (TPSA) is 54.9 Å². The van der Waals surface area contributed by atoms with Crippen LogP contribution in [0.3, 0.4) is 0 Å². The lowest BCUT2D eigenvalue weighted by Gasteiger charge is -2.22. The Morgan fingerprint density at radius 1 is 1.25 bits per heavy atom. The zero-order chi connectivity index (χ0) is 13.9. The van der Waals surface area contributed by atoms with E-state index in [0.29, 0.717) is 17.6 Å². The fourth-order valence-corrected chi connectivity index (χ4v) is 2.84. The zero-order valence-corrected chi connectivity index (χ0v) is 11.7. The van der Waals surface area contributed by atoms with Gasteiger partial charge in [0.1, 0.15) is 0 Å². The molecule has 3 rings (SSSR count). The molecule has 4 heteroatoms. The number of carbonyl (C=O) groups is 1. The van der Waals surface area contributed by atoms with Crippen molar-refractivity contribution in [3.63, 3.8) is 0 Å². The van der Waals surface area contributed by atoms with Gasteiger partial charge in [0.2, 0.25) is 5.95 Å². The minimum absolute atomic E-state index is 0.0397. The molecule has 0 bridgehead atoms. The van der Waals surface area contributed by atoms with E-state index in [-0.39, 0.29) is 5.78 Å². The third-order valence-corrected chi connectivity index (χ3v) is 3.93. The summed E-state index contributed by atoms with van der Waals surface area (Å²) in [5.74, 6) is 0.677. The second-order valence-corrected chi connectivity index (χ2v) is 5.47. The molecule has 0 spiro atoms. The van der Waals surface area contributed by atoms with Crippen LogP contribution in [-0.4, -0.2) is 21.8 Å². The number of anilines is 1. The van der Waals surface area contributed by atoms with Crippen LogP contribution in [0.25, 0.3) is 10.9 Å². The first-order chi connectivity index (χ1) is 9.74. The molecule has 20 heavy (non-hydrogen) atoms. The van der Waals surface area contributed by atoms with E-state index < -0.39 is 0 Å². The predicted molar refractivity (Wildman–Crippen MR) is 80.0 cm³/mol. The van der Waals surface area contributed by atoms with Crippen molar-refractivity contribution in [2.75, 3.05) is 5.32 Å². The smallest absolute Gasteiger partial charge is 0.223 e. The van der Waals surface area contributed by atoms with Crippen molar-refractivity contribution >= 4 is 22.6 Å². The fraction of sp³-hybridized carbons (Fsp3) is 0.438. The van der Waals surface area contributed by atoms with Gasteiger partial charge in [-0.15, -0.1) is 0 Å². The van der Waals surface area contributed by atoms with Crippen molar-refractivity contribution < 1.29 is 4.79 Å². The monoisotopic (exact) mass is 269 g/mol. The van der Waals surface area contributed by atoms with Crippen LogP contribution in [0.2, 0.25) is 0 Å². The molecule has 1 aromatic heterocycles. The SMILES string of the molecule is CC(=O)c1cccc2cnc(NC3CCCCC3)nc12. The molecule has 0 unspecified atom stereocenters. The van der Waals surface area contributed by atoms with Gasteiger partial charge in [0, 0.05) is 23.2 Å². The Hall–Kier alpha value is -1.97. The van der Waals surface area contributed by atoms with E-state index >= 15 is 0 Å². The Labute approximate surface area is 118 Å². The van der Waals surface area contributed by atoms with Gasteiger partial charge >= 0.3 is 0 Å². The molecule has 1 saturated carbocycles. The fourth-order valence-electron chi connectivity index (χ4n) is 2.84. The summed E-state index contributed by atoms with van der Waals surface area (Å²) in [5.41, 5.74) is 1.41. The predicted octanol–water partition coefficient (Wildman–Crippen LogP) is 3.58. The lowest BCUT2D eigenvalue weighted by molar-refractivity contribution is 0.101. The van der Waals surface area contributed by atoms with Gasteiger partial charge in [-0.2, -0.15) is 0 Å². The Bertz CT molecular complexity index is 633. The van der Waals surface area contributed by atoms with Crippen molar-refractivity contribution in [1.29, 1.82) is 0 Å². The van der Waals surface area contributed by atoms with Gasteiger partial charge in [-0.3, -0.25) is 4.79 Å². The molecule has 1 N–H and O–H groups in total. The first kappa shape index (κ1) is 13.0. The molecule has 4 nitrogen and oxygen atoms in total. The standard InChI is InChI=1S/C16H19N3O/c1-11(20)14-9-5-6-12-10-17-16(19-15(12)14)18-13-7-3-2-4-8-13/h5-6,9-10,13H,2-4,7-8H2,1H3,(H,17,18,19). The van der Waals surface area contributed by atoms with E-state index in [2.05, 4.69) is 15.3 Å². The molecule has 0 atom stereocenters. The summed E-state index contributed by atoms with van der Waals surface area (Å²) in [6, 6.07) is 6.09. The summed E-state index contributed by atoms with van der Waals surface area (Å²) in [5, 5.41) is 4.31. The number of rotatable bonds is 3. The summed E-state index contributed by atoms with van der Waals surface area (Å²) >= 11 is 0. The molecule has 1 heterocycles. The molecule has 0 amide bonds. The summed E-state index contributed by atoms with van der Waals surface area (Å²) < 4.78 is 0. The van der Waals surface area contributed by atoms with Crippen molar-refractivity contribution in [3.8, 4) is 0 Å². The molecule has 2 aromatic rings. The Balaban J connectivity index is 1.92. The van der Waals surface area contributed by atoms with Gasteiger partial charge in [0.05, 0.1) is 5.52 Å². The summed E-state index contributed by atoms with van der Waals surface area (Å²) in [6.07, 6.45) is 8.00. The molecule has 1 fully saturated rings. The lowest BCUT2D eigenvalue weighted by atomic mass is 9.96. The highest BCUT2D eigenvalue weighted by Crippen LogP contribution is 2.22. The number of carbonyl (C=O) groups excluding carboxylic acids is 1. The second-order valence-electron chi connectivity index (χ2n) is 5.47. The number of nitrogens with one attached hydrogen (secondary N) is 1. The second kappa shape index (κ2) is 5.57. The van der Waals surface area contributed by atoms with E-state index in [9.17, 15) is 4.79 Å². The molecule has 104 valence electrons. The van der Waals surface area contributed by atoms with Crippen molar-refractivity contribution in [2.45, 2.75) is 45.1 Å². The Morgan fingerprint density at radius 3 is 2.80 bits per heavy atom. The van der Waals surface area contributed by atoms with E-state index in [1.165, 1.54) is 32.1 Å². The van der Waals surface area contributed by atoms with Gasteiger partial charge in [0.25, 0.3) is 0 Å². The number of para-hydroxylation sites is 1. The third kappa shape index (κ3) is 2.64. The average molecular weight is 269 g/mol. The minimum atomic E-state index is 0.0397. The van der Waals surface area contributed by atoms with Gasteiger partial charge in [0.15, 0.2) is 5.78 Å². The van der Waals surface area contributed by atoms with Crippen molar-refractivity contribution in [3.05, 3.63) is 30.0 Å². The molecule has 0 radical (unpaired) electrons. The van der Waals surface area contributed by atoms with Gasteiger partial charge < -0.3 is 5.32 Å². The van der Waals surface area contributed by atoms with Crippen LogP contribution < -0.4 is 5.32 Å². The van der Waals surface area contributed by atoms with Crippen molar-refractivity contribution in [1.82, 2.24) is 9.97 Å². The Morgan fingerprint density at radius 2 is 2.05 bits per heavy atom. The Kier molecular flexibility index (Phi) is 3.63. The molecule has 0 saturated heterocycles. The van der Waals surface area contributed by atoms with Crippen LogP contribution >= 0.6 is 0 Å². The molecule has 1 aromatic carbocycles. The normalized spacial score (nSPS) is 16.2. The highest BCUT2D eigenvalue weighted by Gasteiger charge is 2.15. The molecule has 1 aliphatic carbocycles. The quantitative estimate of drug-likeness (QED) is 0.865. The van der Waals surface area contributed by atoms with Gasteiger partial charge in [-0.05, 0) is 25.8 Å². The van der Waals surface area contributed by atoms with Crippen LogP contribution in [0.5, 0.6) is 0 Å². The number of benzene rings is 1. The van der Waals surface area contributed by atoms with Crippen LogP contribution in [0, 0.1) is 0 Å². The molecule has 0 aliphatic heterocycles. The lowest BCUT2D eigenvalue weighted by Crippen LogP contribution is -2.23. The highest BCUT2D eigenvalue weighted by molar-refractivity contribution is 6.05. The number of aromatic nitrogens is 2. The highest BCUT2D eigenvalue weighted by atomic mass is 16.1. The van der Waals surface area contributed by atoms with E-state index in [4.69, 9.17) is 0 Å². The average Bonchev–Trinajstić information content (AvgIpc) is 2.47. The number of nitrogens with zero attached hydrogens (tertiary/aromatic N) is 2. The largest absolute Gasteiger partial charge is 0.351 e. The van der Waals surface area contributed by atoms with Crippen LogP contribution in [0.4, 0.5) is 5.95 Å². The van der Waals surface area contributed by atoms with Gasteiger partial charge in [-0.25, -0.2) is 9.97 Å². The van der Waals surface area contributed by atoms with E-state index in [1.807, 2.05) is 18.2 Å². The van der Waals surface area contributed by atoms with Crippen molar-refractivity contribution in [2.24, 2.45) is 0 Å². The van der Waals surface area contributed by atoms with Gasteiger partial charge in [-0.1, -0.05) is 31.4 Å². The summed E-state index contributed by atoms with van der Waals surface area (Å²) in [4.78, 5) is 20.6. The number of Topliss-reactive ketones (excluding diaryl/α,β-unsaturated/α-hetero) is 1. The number of ketones is 1. The summed E-state index contributed by atoms with van der Waals surface area (Å²) in [6.45, 7) is 1.57. The van der Waals surface area contributed by atoms with Crippen LogP contribution in [0.15, 0.2) is 24.4 Å². The first-order valence-electron chi connectivity index (χ1n) is 7.27. The van der Waals surface area contributed by atoms with Crippen LogP contribution in [-0.2, 0) is 0 Å².